The maximum Gasteiger partial charge on any atom is 0.302 e. The lowest BCUT2D eigenvalue weighted by Gasteiger charge is -2.18. The van der Waals surface area contributed by atoms with Crippen LogP contribution in [0.5, 0.6) is 5.88 Å². The van der Waals surface area contributed by atoms with E-state index in [0.29, 0.717) is 19.6 Å². The quantitative estimate of drug-likeness (QED) is 0.403. The number of aromatic nitrogens is 1. The van der Waals surface area contributed by atoms with Crippen molar-refractivity contribution in [3.05, 3.63) is 21.3 Å². The maximum atomic E-state index is 10.6. The van der Waals surface area contributed by atoms with Crippen molar-refractivity contribution in [1.82, 2.24) is 4.98 Å². The Labute approximate surface area is 138 Å². The standard InChI is InChI=1S/C13H16Cl3NO4/c1-3-9(7-19-4-5-20-8(2)18)21-13-11(15)6-10(14)12(16)17-13/h6,9H,3-5,7H2,1-2H3. The van der Waals surface area contributed by atoms with E-state index < -0.39 is 0 Å². The number of carbonyl (C=O) groups is 1. The number of carbonyl (C=O) groups excluding carboxylic acids is 1. The van der Waals surface area contributed by atoms with Gasteiger partial charge in [0.25, 0.3) is 0 Å². The Morgan fingerprint density at radius 1 is 1.29 bits per heavy atom. The minimum absolute atomic E-state index is 0.127. The number of rotatable bonds is 8. The van der Waals surface area contributed by atoms with Gasteiger partial charge in [-0.25, -0.2) is 0 Å². The molecule has 1 atom stereocenters. The Hall–Kier alpha value is -0.750. The van der Waals surface area contributed by atoms with Crippen molar-refractivity contribution in [3.8, 4) is 5.88 Å². The molecular weight excluding hydrogens is 341 g/mol. The minimum atomic E-state index is -0.339. The van der Waals surface area contributed by atoms with Crippen LogP contribution in [0, 0.1) is 0 Å². The third-order valence-corrected chi connectivity index (χ3v) is 3.37. The molecule has 0 aliphatic carbocycles. The van der Waals surface area contributed by atoms with Gasteiger partial charge in [-0.3, -0.25) is 4.79 Å². The fourth-order valence-electron chi connectivity index (χ4n) is 1.36. The highest BCUT2D eigenvalue weighted by Gasteiger charge is 2.14. The van der Waals surface area contributed by atoms with Gasteiger partial charge in [0.2, 0.25) is 5.88 Å². The van der Waals surface area contributed by atoms with Crippen molar-refractivity contribution in [1.29, 1.82) is 0 Å². The molecule has 0 aliphatic heterocycles. The van der Waals surface area contributed by atoms with Gasteiger partial charge in [-0.1, -0.05) is 41.7 Å². The lowest BCUT2D eigenvalue weighted by Crippen LogP contribution is -2.24. The molecule has 0 aromatic carbocycles. The summed E-state index contributed by atoms with van der Waals surface area (Å²) < 4.78 is 15.8. The molecule has 1 unspecified atom stereocenters. The largest absolute Gasteiger partial charge is 0.471 e. The molecular formula is C13H16Cl3NO4. The molecule has 5 nitrogen and oxygen atoms in total. The Morgan fingerprint density at radius 2 is 2.00 bits per heavy atom. The van der Waals surface area contributed by atoms with Gasteiger partial charge >= 0.3 is 5.97 Å². The van der Waals surface area contributed by atoms with Gasteiger partial charge in [-0.05, 0) is 12.5 Å². The number of esters is 1. The number of hydrogen-bond donors (Lipinski definition) is 0. The summed E-state index contributed by atoms with van der Waals surface area (Å²) in [5.41, 5.74) is 0. The van der Waals surface area contributed by atoms with Gasteiger partial charge in [0.1, 0.15) is 17.7 Å². The molecule has 0 bridgehead atoms. The molecule has 0 spiro atoms. The van der Waals surface area contributed by atoms with Crippen LogP contribution in [0.1, 0.15) is 20.3 Å². The SMILES string of the molecule is CCC(COCCOC(C)=O)Oc1nc(Cl)c(Cl)cc1Cl. The fourth-order valence-corrected chi connectivity index (χ4v) is 1.90. The molecule has 0 saturated carbocycles. The van der Waals surface area contributed by atoms with Gasteiger partial charge in [-0.2, -0.15) is 4.98 Å². The first kappa shape index (κ1) is 18.3. The van der Waals surface area contributed by atoms with E-state index in [4.69, 9.17) is 49.0 Å². The lowest BCUT2D eigenvalue weighted by molar-refractivity contribution is -0.142. The second-order valence-electron chi connectivity index (χ2n) is 4.11. The van der Waals surface area contributed by atoms with E-state index in [-0.39, 0.29) is 39.8 Å². The van der Waals surface area contributed by atoms with Gasteiger partial charge in [-0.15, -0.1) is 0 Å². The number of ether oxygens (including phenoxy) is 3. The molecule has 1 heterocycles. The minimum Gasteiger partial charge on any atom is -0.471 e. The van der Waals surface area contributed by atoms with E-state index in [9.17, 15) is 4.79 Å². The normalized spacial score (nSPS) is 12.0. The van der Waals surface area contributed by atoms with Crippen LogP contribution in [-0.2, 0) is 14.3 Å². The van der Waals surface area contributed by atoms with Crippen molar-refractivity contribution in [2.45, 2.75) is 26.4 Å². The van der Waals surface area contributed by atoms with Crippen LogP contribution in [0.2, 0.25) is 15.2 Å². The third-order valence-electron chi connectivity index (χ3n) is 2.42. The number of halogens is 3. The first-order valence-corrected chi connectivity index (χ1v) is 7.46. The van der Waals surface area contributed by atoms with Crippen molar-refractivity contribution in [2.75, 3.05) is 19.8 Å². The fraction of sp³-hybridized carbons (Fsp3) is 0.538. The molecule has 8 heteroatoms. The van der Waals surface area contributed by atoms with E-state index in [1.807, 2.05) is 6.92 Å². The Kier molecular flexibility index (Phi) is 8.11. The van der Waals surface area contributed by atoms with Crippen LogP contribution >= 0.6 is 34.8 Å². The summed E-state index contributed by atoms with van der Waals surface area (Å²) in [4.78, 5) is 14.6. The number of nitrogens with zero attached hydrogens (tertiary/aromatic N) is 1. The maximum absolute atomic E-state index is 10.6. The van der Waals surface area contributed by atoms with Crippen LogP contribution in [0.15, 0.2) is 6.07 Å². The van der Waals surface area contributed by atoms with Crippen LogP contribution in [-0.4, -0.2) is 36.9 Å². The number of pyridine rings is 1. The summed E-state index contributed by atoms with van der Waals surface area (Å²) in [5.74, 6) is -0.129. The summed E-state index contributed by atoms with van der Waals surface area (Å²) in [7, 11) is 0. The first-order chi connectivity index (χ1) is 9.93. The zero-order valence-corrected chi connectivity index (χ0v) is 14.0. The van der Waals surface area contributed by atoms with E-state index in [1.165, 1.54) is 13.0 Å². The van der Waals surface area contributed by atoms with E-state index >= 15 is 0 Å². The Morgan fingerprint density at radius 3 is 2.62 bits per heavy atom. The van der Waals surface area contributed by atoms with Crippen LogP contribution in [0.4, 0.5) is 0 Å². The average Bonchev–Trinajstić information content (AvgIpc) is 2.42. The highest BCUT2D eigenvalue weighted by Crippen LogP contribution is 2.31. The van der Waals surface area contributed by atoms with Gasteiger partial charge in [0, 0.05) is 6.92 Å². The molecule has 0 aliphatic rings. The summed E-state index contributed by atoms with van der Waals surface area (Å²) in [6.07, 6.45) is 0.441. The molecule has 1 rings (SSSR count). The molecule has 1 aromatic heterocycles. The van der Waals surface area contributed by atoms with Crippen molar-refractivity contribution in [2.24, 2.45) is 0 Å². The van der Waals surface area contributed by atoms with Crippen molar-refractivity contribution < 1.29 is 19.0 Å². The zero-order valence-electron chi connectivity index (χ0n) is 11.7. The number of hydrogen-bond acceptors (Lipinski definition) is 5. The molecule has 0 fully saturated rings. The first-order valence-electron chi connectivity index (χ1n) is 6.33. The molecule has 1 aromatic rings. The van der Waals surface area contributed by atoms with Gasteiger partial charge in [0.15, 0.2) is 5.15 Å². The average molecular weight is 357 g/mol. The Bertz CT molecular complexity index is 485. The molecule has 0 radical (unpaired) electrons. The predicted octanol–water partition coefficient (Wildman–Crippen LogP) is 3.78. The highest BCUT2D eigenvalue weighted by atomic mass is 35.5. The Balaban J connectivity index is 2.47. The smallest absolute Gasteiger partial charge is 0.302 e. The van der Waals surface area contributed by atoms with E-state index in [2.05, 4.69) is 4.98 Å². The zero-order chi connectivity index (χ0) is 15.8. The van der Waals surface area contributed by atoms with Crippen molar-refractivity contribution >= 4 is 40.8 Å². The third kappa shape index (κ3) is 6.70. The second-order valence-corrected chi connectivity index (χ2v) is 5.28. The summed E-state index contributed by atoms with van der Waals surface area (Å²) in [5, 5.41) is 0.671. The van der Waals surface area contributed by atoms with Crippen LogP contribution in [0.3, 0.4) is 0 Å². The molecule has 0 N–H and O–H groups in total. The van der Waals surface area contributed by atoms with Crippen molar-refractivity contribution in [3.63, 3.8) is 0 Å². The molecule has 0 saturated heterocycles. The molecule has 21 heavy (non-hydrogen) atoms. The monoisotopic (exact) mass is 355 g/mol. The lowest BCUT2D eigenvalue weighted by atomic mass is 10.3. The topological polar surface area (TPSA) is 57.7 Å². The predicted molar refractivity (Wildman–Crippen MR) is 81.4 cm³/mol. The van der Waals surface area contributed by atoms with E-state index in [1.54, 1.807) is 0 Å². The van der Waals surface area contributed by atoms with Crippen LogP contribution in [0.25, 0.3) is 0 Å². The van der Waals surface area contributed by atoms with Gasteiger partial charge < -0.3 is 14.2 Å². The molecule has 118 valence electrons. The highest BCUT2D eigenvalue weighted by molar-refractivity contribution is 6.42. The summed E-state index contributed by atoms with van der Waals surface area (Å²) >= 11 is 17.6. The summed E-state index contributed by atoms with van der Waals surface area (Å²) in [6, 6.07) is 1.47. The second kappa shape index (κ2) is 9.30. The van der Waals surface area contributed by atoms with Gasteiger partial charge in [0.05, 0.1) is 18.2 Å². The molecule has 0 amide bonds. The van der Waals surface area contributed by atoms with E-state index in [0.717, 1.165) is 0 Å². The summed E-state index contributed by atoms with van der Waals surface area (Å²) in [6.45, 7) is 4.09. The van der Waals surface area contributed by atoms with Crippen LogP contribution < -0.4 is 4.74 Å².